The van der Waals surface area contributed by atoms with E-state index in [4.69, 9.17) is 0 Å². The van der Waals surface area contributed by atoms with Crippen molar-refractivity contribution < 1.29 is 4.79 Å². The van der Waals surface area contributed by atoms with E-state index in [9.17, 15) is 9.59 Å². The number of amides is 1. The minimum Gasteiger partial charge on any atom is -0.343 e. The zero-order valence-corrected chi connectivity index (χ0v) is 13.8. The second-order valence-electron chi connectivity index (χ2n) is 6.04. The standard InChI is InChI=1S/C19H17N5O2/c25-18(14-6-7-15-16(10-14)23-19(26)22-15)21-17(11-24-9-8-20-12-24)13-4-2-1-3-5-13/h1-10,12,17H,11H2,(H,21,25)(H2,22,23,26). The number of nitrogens with zero attached hydrogens (tertiary/aromatic N) is 2. The van der Waals surface area contributed by atoms with Crippen molar-refractivity contribution in [3.63, 3.8) is 0 Å². The summed E-state index contributed by atoms with van der Waals surface area (Å²) in [7, 11) is 0. The highest BCUT2D eigenvalue weighted by molar-refractivity contribution is 5.97. The first-order chi connectivity index (χ1) is 12.7. The molecule has 2 heterocycles. The molecule has 0 saturated carbocycles. The Morgan fingerprint density at radius 3 is 2.69 bits per heavy atom. The van der Waals surface area contributed by atoms with Crippen LogP contribution < -0.4 is 11.0 Å². The van der Waals surface area contributed by atoms with Crippen LogP contribution in [-0.2, 0) is 6.54 Å². The van der Waals surface area contributed by atoms with E-state index in [1.807, 2.05) is 41.1 Å². The number of aromatic nitrogens is 4. The SMILES string of the molecule is O=C(NC(Cn1ccnc1)c1ccccc1)c1ccc2[nH]c(=O)[nH]c2c1. The number of rotatable bonds is 5. The first-order valence-electron chi connectivity index (χ1n) is 8.22. The fraction of sp³-hybridized carbons (Fsp3) is 0.105. The molecule has 4 aromatic rings. The Bertz CT molecular complexity index is 1080. The summed E-state index contributed by atoms with van der Waals surface area (Å²) in [5.41, 5.74) is 2.47. The summed E-state index contributed by atoms with van der Waals surface area (Å²) in [4.78, 5) is 33.6. The van der Waals surface area contributed by atoms with E-state index in [1.165, 1.54) is 0 Å². The lowest BCUT2D eigenvalue weighted by molar-refractivity contribution is 0.0933. The lowest BCUT2D eigenvalue weighted by atomic mass is 10.1. The monoisotopic (exact) mass is 347 g/mol. The lowest BCUT2D eigenvalue weighted by Gasteiger charge is -2.20. The Morgan fingerprint density at radius 1 is 1.12 bits per heavy atom. The molecule has 1 amide bonds. The molecule has 0 spiro atoms. The number of imidazole rings is 2. The molecule has 26 heavy (non-hydrogen) atoms. The largest absolute Gasteiger partial charge is 0.343 e. The number of nitrogens with one attached hydrogen (secondary N) is 3. The predicted octanol–water partition coefficient (Wildman–Crippen LogP) is 2.22. The zero-order chi connectivity index (χ0) is 17.9. The lowest BCUT2D eigenvalue weighted by Crippen LogP contribution is -2.31. The summed E-state index contributed by atoms with van der Waals surface area (Å²) in [6, 6.07) is 14.7. The van der Waals surface area contributed by atoms with Gasteiger partial charge in [-0.05, 0) is 23.8 Å². The van der Waals surface area contributed by atoms with Gasteiger partial charge < -0.3 is 19.9 Å². The van der Waals surface area contributed by atoms with Crippen LogP contribution in [0.5, 0.6) is 0 Å². The highest BCUT2D eigenvalue weighted by Gasteiger charge is 2.17. The molecule has 0 radical (unpaired) electrons. The molecule has 2 aromatic carbocycles. The van der Waals surface area contributed by atoms with Gasteiger partial charge in [0.05, 0.1) is 23.4 Å². The maximum atomic E-state index is 12.8. The van der Waals surface area contributed by atoms with E-state index in [1.54, 1.807) is 30.7 Å². The van der Waals surface area contributed by atoms with Gasteiger partial charge in [0.25, 0.3) is 5.91 Å². The maximum Gasteiger partial charge on any atom is 0.323 e. The summed E-state index contributed by atoms with van der Waals surface area (Å²) in [5, 5.41) is 3.07. The molecule has 0 aliphatic rings. The van der Waals surface area contributed by atoms with Crippen molar-refractivity contribution in [3.05, 3.63) is 88.9 Å². The molecule has 3 N–H and O–H groups in total. The van der Waals surface area contributed by atoms with E-state index in [0.717, 1.165) is 5.56 Å². The third-order valence-corrected chi connectivity index (χ3v) is 4.24. The van der Waals surface area contributed by atoms with Gasteiger partial charge in [-0.15, -0.1) is 0 Å². The van der Waals surface area contributed by atoms with Crippen LogP contribution in [-0.4, -0.2) is 25.4 Å². The van der Waals surface area contributed by atoms with Crippen molar-refractivity contribution in [1.82, 2.24) is 24.8 Å². The smallest absolute Gasteiger partial charge is 0.323 e. The zero-order valence-electron chi connectivity index (χ0n) is 13.8. The number of H-pyrrole nitrogens is 2. The van der Waals surface area contributed by atoms with Crippen LogP contribution in [0.15, 0.2) is 72.0 Å². The molecule has 1 atom stereocenters. The number of hydrogen-bond donors (Lipinski definition) is 3. The van der Waals surface area contributed by atoms with Crippen LogP contribution in [0, 0.1) is 0 Å². The van der Waals surface area contributed by atoms with E-state index in [2.05, 4.69) is 20.3 Å². The molecule has 2 aromatic heterocycles. The van der Waals surface area contributed by atoms with Crippen LogP contribution in [0.25, 0.3) is 11.0 Å². The third-order valence-electron chi connectivity index (χ3n) is 4.24. The van der Waals surface area contributed by atoms with Crippen LogP contribution in [0.1, 0.15) is 22.0 Å². The minimum absolute atomic E-state index is 0.206. The minimum atomic E-state index is -0.292. The third kappa shape index (κ3) is 3.27. The second-order valence-corrected chi connectivity index (χ2v) is 6.04. The highest BCUT2D eigenvalue weighted by atomic mass is 16.2. The molecule has 7 nitrogen and oxygen atoms in total. The van der Waals surface area contributed by atoms with Crippen LogP contribution in [0.2, 0.25) is 0 Å². The van der Waals surface area contributed by atoms with E-state index in [0.29, 0.717) is 23.1 Å². The maximum absolute atomic E-state index is 12.8. The molecular formula is C19H17N5O2. The van der Waals surface area contributed by atoms with Gasteiger partial charge in [-0.25, -0.2) is 9.78 Å². The van der Waals surface area contributed by atoms with Gasteiger partial charge in [-0.3, -0.25) is 4.79 Å². The second kappa shape index (κ2) is 6.72. The summed E-state index contributed by atoms with van der Waals surface area (Å²) < 4.78 is 1.92. The summed E-state index contributed by atoms with van der Waals surface area (Å²) in [6.07, 6.45) is 5.29. The van der Waals surface area contributed by atoms with Gasteiger partial charge >= 0.3 is 5.69 Å². The molecule has 1 unspecified atom stereocenters. The van der Waals surface area contributed by atoms with Crippen LogP contribution in [0.4, 0.5) is 0 Å². The Kier molecular flexibility index (Phi) is 4.10. The van der Waals surface area contributed by atoms with E-state index < -0.39 is 0 Å². The van der Waals surface area contributed by atoms with Gasteiger partial charge in [-0.2, -0.15) is 0 Å². The fourth-order valence-electron chi connectivity index (χ4n) is 2.94. The first-order valence-corrected chi connectivity index (χ1v) is 8.22. The van der Waals surface area contributed by atoms with Gasteiger partial charge in [-0.1, -0.05) is 30.3 Å². The van der Waals surface area contributed by atoms with E-state index >= 15 is 0 Å². The van der Waals surface area contributed by atoms with Crippen molar-refractivity contribution in [1.29, 1.82) is 0 Å². The Morgan fingerprint density at radius 2 is 1.92 bits per heavy atom. The average Bonchev–Trinajstić information content (AvgIpc) is 3.29. The summed E-state index contributed by atoms with van der Waals surface area (Å²) in [5.74, 6) is -0.206. The number of benzene rings is 2. The highest BCUT2D eigenvalue weighted by Crippen LogP contribution is 2.17. The predicted molar refractivity (Wildman–Crippen MR) is 97.8 cm³/mol. The Balaban J connectivity index is 1.61. The first kappa shape index (κ1) is 15.9. The molecule has 130 valence electrons. The summed E-state index contributed by atoms with van der Waals surface area (Å²) >= 11 is 0. The molecule has 0 bridgehead atoms. The Labute approximate surface area is 148 Å². The van der Waals surface area contributed by atoms with E-state index in [-0.39, 0.29) is 17.6 Å². The average molecular weight is 347 g/mol. The summed E-state index contributed by atoms with van der Waals surface area (Å²) in [6.45, 7) is 0.568. The number of fused-ring (bicyclic) bond motifs is 1. The number of aromatic amines is 2. The molecule has 0 aliphatic carbocycles. The van der Waals surface area contributed by atoms with Crippen molar-refractivity contribution >= 4 is 16.9 Å². The quantitative estimate of drug-likeness (QED) is 0.516. The van der Waals surface area contributed by atoms with Gasteiger partial charge in [0, 0.05) is 24.5 Å². The Hall–Kier alpha value is -3.61. The van der Waals surface area contributed by atoms with Gasteiger partial charge in [0.1, 0.15) is 0 Å². The van der Waals surface area contributed by atoms with Crippen molar-refractivity contribution in [2.24, 2.45) is 0 Å². The molecule has 4 rings (SSSR count). The normalized spacial score (nSPS) is 12.2. The molecule has 0 saturated heterocycles. The fourth-order valence-corrected chi connectivity index (χ4v) is 2.94. The molecule has 0 fully saturated rings. The van der Waals surface area contributed by atoms with Gasteiger partial charge in [0.2, 0.25) is 0 Å². The van der Waals surface area contributed by atoms with Crippen molar-refractivity contribution in [3.8, 4) is 0 Å². The van der Waals surface area contributed by atoms with Crippen molar-refractivity contribution in [2.45, 2.75) is 12.6 Å². The van der Waals surface area contributed by atoms with Gasteiger partial charge in [0.15, 0.2) is 0 Å². The molecule has 0 aliphatic heterocycles. The van der Waals surface area contributed by atoms with Crippen LogP contribution in [0.3, 0.4) is 0 Å². The molecular weight excluding hydrogens is 330 g/mol. The topological polar surface area (TPSA) is 95.6 Å². The molecule has 7 heteroatoms. The number of carbonyl (C=O) groups excluding carboxylic acids is 1. The van der Waals surface area contributed by atoms with Crippen molar-refractivity contribution in [2.75, 3.05) is 0 Å². The van der Waals surface area contributed by atoms with Crippen LogP contribution >= 0.6 is 0 Å². The number of hydrogen-bond acceptors (Lipinski definition) is 3. The number of carbonyl (C=O) groups is 1.